The van der Waals surface area contributed by atoms with Crippen molar-refractivity contribution in [1.29, 1.82) is 0 Å². The molecular weight excluding hydrogens is 237 g/mol. The fourth-order valence-corrected chi connectivity index (χ4v) is 2.37. The number of nitrogens with zero attached hydrogens (tertiary/aromatic N) is 3. The zero-order valence-corrected chi connectivity index (χ0v) is 9.63. The van der Waals surface area contributed by atoms with Gasteiger partial charge in [-0.15, -0.1) is 0 Å². The number of halogens is 1. The molecule has 0 aliphatic carbocycles. The molecule has 3 rings (SSSR count). The van der Waals surface area contributed by atoms with Gasteiger partial charge in [0.1, 0.15) is 5.82 Å². The summed E-state index contributed by atoms with van der Waals surface area (Å²) >= 11 is 0. The number of imide groups is 1. The van der Waals surface area contributed by atoms with E-state index in [1.807, 2.05) is 0 Å². The zero-order chi connectivity index (χ0) is 12.9. The van der Waals surface area contributed by atoms with Crippen LogP contribution in [-0.4, -0.2) is 23.9 Å². The molecule has 0 radical (unpaired) electrons. The lowest BCUT2D eigenvalue weighted by atomic mass is 9.90. The van der Waals surface area contributed by atoms with Crippen molar-refractivity contribution < 1.29 is 14.0 Å². The summed E-state index contributed by atoms with van der Waals surface area (Å²) in [6.07, 6.45) is 0. The van der Waals surface area contributed by atoms with Gasteiger partial charge in [-0.3, -0.25) is 9.59 Å². The lowest BCUT2D eigenvalue weighted by molar-refractivity contribution is -0.122. The highest BCUT2D eigenvalue weighted by atomic mass is 19.1. The summed E-state index contributed by atoms with van der Waals surface area (Å²) in [5.74, 6) is -2.15. The molecule has 2 amide bonds. The molecule has 2 atom stereocenters. The number of fused-ring (bicyclic) bond motifs is 1. The minimum atomic E-state index is -1.17. The summed E-state index contributed by atoms with van der Waals surface area (Å²) in [7, 11) is 0. The van der Waals surface area contributed by atoms with Crippen LogP contribution in [0.15, 0.2) is 34.5 Å². The van der Waals surface area contributed by atoms with Crippen LogP contribution in [0, 0.1) is 11.7 Å². The third kappa shape index (κ3) is 1.20. The summed E-state index contributed by atoms with van der Waals surface area (Å²) in [5.41, 5.74) is -1.18. The average Bonchev–Trinajstić information content (AvgIpc) is 2.81. The molecule has 0 spiro atoms. The molecule has 0 N–H and O–H groups in total. The Morgan fingerprint density at radius 2 is 2.11 bits per heavy atom. The van der Waals surface area contributed by atoms with Gasteiger partial charge in [0.2, 0.25) is 5.91 Å². The molecule has 1 aromatic rings. The van der Waals surface area contributed by atoms with Gasteiger partial charge < -0.3 is 0 Å². The molecule has 0 saturated carbocycles. The van der Waals surface area contributed by atoms with Gasteiger partial charge in [-0.2, -0.15) is 10.2 Å². The second-order valence-corrected chi connectivity index (χ2v) is 4.55. The first-order chi connectivity index (χ1) is 8.55. The SMILES string of the molecule is C[C@@]12N=NC[C@H]1C(=O)N(c1ccccc1F)C2=O. The molecule has 5 nitrogen and oxygen atoms in total. The molecule has 0 unspecified atom stereocenters. The Balaban J connectivity index is 2.11. The monoisotopic (exact) mass is 247 g/mol. The van der Waals surface area contributed by atoms with E-state index < -0.39 is 29.1 Å². The summed E-state index contributed by atoms with van der Waals surface area (Å²) in [5, 5.41) is 7.61. The van der Waals surface area contributed by atoms with Crippen LogP contribution in [0.3, 0.4) is 0 Å². The molecule has 1 fully saturated rings. The van der Waals surface area contributed by atoms with Gasteiger partial charge in [0.15, 0.2) is 5.54 Å². The van der Waals surface area contributed by atoms with Gasteiger partial charge in [-0.1, -0.05) is 12.1 Å². The van der Waals surface area contributed by atoms with Crippen LogP contribution >= 0.6 is 0 Å². The topological polar surface area (TPSA) is 62.1 Å². The van der Waals surface area contributed by atoms with Crippen LogP contribution in [0.2, 0.25) is 0 Å². The predicted octanol–water partition coefficient (Wildman–Crippen LogP) is 1.54. The van der Waals surface area contributed by atoms with E-state index in [4.69, 9.17) is 0 Å². The van der Waals surface area contributed by atoms with Crippen molar-refractivity contribution in [2.24, 2.45) is 16.1 Å². The Labute approximate surface area is 102 Å². The average molecular weight is 247 g/mol. The Morgan fingerprint density at radius 1 is 1.39 bits per heavy atom. The smallest absolute Gasteiger partial charge is 0.264 e. The molecule has 2 aliphatic heterocycles. The van der Waals surface area contributed by atoms with Gasteiger partial charge >= 0.3 is 0 Å². The normalized spacial score (nSPS) is 30.1. The number of amides is 2. The number of hydrogen-bond acceptors (Lipinski definition) is 4. The van der Waals surface area contributed by atoms with E-state index in [-0.39, 0.29) is 12.2 Å². The van der Waals surface area contributed by atoms with Crippen molar-refractivity contribution in [3.05, 3.63) is 30.1 Å². The third-order valence-electron chi connectivity index (χ3n) is 3.47. The van der Waals surface area contributed by atoms with E-state index in [9.17, 15) is 14.0 Å². The molecule has 2 aliphatic rings. The van der Waals surface area contributed by atoms with E-state index >= 15 is 0 Å². The summed E-state index contributed by atoms with van der Waals surface area (Å²) < 4.78 is 13.7. The van der Waals surface area contributed by atoms with Gasteiger partial charge in [-0.25, -0.2) is 9.29 Å². The molecule has 1 aromatic carbocycles. The number of para-hydroxylation sites is 1. The molecule has 6 heteroatoms. The number of carbonyl (C=O) groups excluding carboxylic acids is 2. The number of rotatable bonds is 1. The lowest BCUT2D eigenvalue weighted by Gasteiger charge is -2.17. The van der Waals surface area contributed by atoms with Crippen LogP contribution in [0.25, 0.3) is 0 Å². The second-order valence-electron chi connectivity index (χ2n) is 4.55. The van der Waals surface area contributed by atoms with Crippen LogP contribution in [0.4, 0.5) is 10.1 Å². The third-order valence-corrected chi connectivity index (χ3v) is 3.47. The molecule has 0 aromatic heterocycles. The molecular formula is C12H10FN3O2. The molecule has 2 heterocycles. The van der Waals surface area contributed by atoms with E-state index in [2.05, 4.69) is 10.2 Å². The zero-order valence-electron chi connectivity index (χ0n) is 9.63. The largest absolute Gasteiger partial charge is 0.274 e. The highest BCUT2D eigenvalue weighted by Crippen LogP contribution is 2.40. The van der Waals surface area contributed by atoms with E-state index in [0.717, 1.165) is 4.90 Å². The molecule has 92 valence electrons. The maximum Gasteiger partial charge on any atom is 0.264 e. The van der Waals surface area contributed by atoms with E-state index in [1.165, 1.54) is 18.2 Å². The number of hydrogen-bond donors (Lipinski definition) is 0. The van der Waals surface area contributed by atoms with Crippen molar-refractivity contribution in [2.45, 2.75) is 12.5 Å². The van der Waals surface area contributed by atoms with Crippen molar-refractivity contribution in [3.63, 3.8) is 0 Å². The standard InChI is InChI=1S/C12H10FN3O2/c1-12-7(6-14-15-12)10(17)16(11(12)18)9-5-3-2-4-8(9)13/h2-5,7H,6H2,1H3/t7-,12+/m0/s1. The lowest BCUT2D eigenvalue weighted by Crippen LogP contribution is -2.37. The van der Waals surface area contributed by atoms with Crippen molar-refractivity contribution in [1.82, 2.24) is 0 Å². The fraction of sp³-hybridized carbons (Fsp3) is 0.333. The molecule has 18 heavy (non-hydrogen) atoms. The number of benzene rings is 1. The Bertz CT molecular complexity index is 586. The minimum absolute atomic E-state index is 0.0154. The quantitative estimate of drug-likeness (QED) is 0.706. The summed E-state index contributed by atoms with van der Waals surface area (Å²) in [6, 6.07) is 5.71. The molecule has 1 saturated heterocycles. The Morgan fingerprint density at radius 3 is 2.78 bits per heavy atom. The van der Waals surface area contributed by atoms with Crippen LogP contribution in [0.1, 0.15) is 6.92 Å². The van der Waals surface area contributed by atoms with Crippen molar-refractivity contribution >= 4 is 17.5 Å². The maximum absolute atomic E-state index is 13.7. The van der Waals surface area contributed by atoms with Gasteiger partial charge in [0.25, 0.3) is 5.91 Å². The molecule has 0 bridgehead atoms. The summed E-state index contributed by atoms with van der Waals surface area (Å²) in [4.78, 5) is 25.3. The highest BCUT2D eigenvalue weighted by molar-refractivity contribution is 6.25. The minimum Gasteiger partial charge on any atom is -0.274 e. The predicted molar refractivity (Wildman–Crippen MR) is 60.5 cm³/mol. The highest BCUT2D eigenvalue weighted by Gasteiger charge is 2.60. The summed E-state index contributed by atoms with van der Waals surface area (Å²) in [6.45, 7) is 1.75. The first-order valence-electron chi connectivity index (χ1n) is 5.57. The van der Waals surface area contributed by atoms with Crippen LogP contribution < -0.4 is 4.90 Å². The number of azo groups is 1. The fourth-order valence-electron chi connectivity index (χ4n) is 2.37. The van der Waals surface area contributed by atoms with Gasteiger partial charge in [-0.05, 0) is 19.1 Å². The maximum atomic E-state index is 13.7. The Kier molecular flexibility index (Phi) is 2.10. The van der Waals surface area contributed by atoms with Crippen LogP contribution in [-0.2, 0) is 9.59 Å². The number of anilines is 1. The van der Waals surface area contributed by atoms with Gasteiger partial charge in [0, 0.05) is 0 Å². The van der Waals surface area contributed by atoms with E-state index in [0.29, 0.717) is 0 Å². The van der Waals surface area contributed by atoms with Gasteiger partial charge in [0.05, 0.1) is 18.2 Å². The van der Waals surface area contributed by atoms with Crippen molar-refractivity contribution in [2.75, 3.05) is 11.4 Å². The first-order valence-corrected chi connectivity index (χ1v) is 5.57. The Hall–Kier alpha value is -2.11. The first kappa shape index (κ1) is 11.0. The van der Waals surface area contributed by atoms with E-state index in [1.54, 1.807) is 13.0 Å². The van der Waals surface area contributed by atoms with Crippen molar-refractivity contribution in [3.8, 4) is 0 Å². The number of carbonyl (C=O) groups is 2. The van der Waals surface area contributed by atoms with Crippen LogP contribution in [0.5, 0.6) is 0 Å². The second kappa shape index (κ2) is 3.44.